The molecular formula is C17H18FN3O3. The molecule has 3 rings (SSSR count). The van der Waals surface area contributed by atoms with Crippen LogP contribution < -0.4 is 5.32 Å². The van der Waals surface area contributed by atoms with Gasteiger partial charge in [-0.2, -0.15) is 0 Å². The molecule has 0 spiro atoms. The van der Waals surface area contributed by atoms with Gasteiger partial charge in [-0.25, -0.2) is 9.37 Å². The topological polar surface area (TPSA) is 75.4 Å². The third kappa shape index (κ3) is 3.45. The fourth-order valence-electron chi connectivity index (χ4n) is 2.92. The lowest BCUT2D eigenvalue weighted by molar-refractivity contribution is -0.120. The van der Waals surface area contributed by atoms with E-state index in [1.165, 1.54) is 25.5 Å². The molecule has 6 nitrogen and oxygen atoms in total. The van der Waals surface area contributed by atoms with Gasteiger partial charge in [0.15, 0.2) is 17.8 Å². The summed E-state index contributed by atoms with van der Waals surface area (Å²) in [6, 6.07) is 5.65. The number of likely N-dealkylation sites (tertiary alicyclic amines) is 1. The van der Waals surface area contributed by atoms with Crippen LogP contribution in [0.5, 0.6) is 0 Å². The number of amides is 2. The number of halogens is 1. The summed E-state index contributed by atoms with van der Waals surface area (Å²) in [4.78, 5) is 29.7. The number of nitrogens with zero attached hydrogens (tertiary/aromatic N) is 2. The van der Waals surface area contributed by atoms with Gasteiger partial charge in [-0.05, 0) is 37.1 Å². The molecule has 2 aromatic rings. The summed E-state index contributed by atoms with van der Waals surface area (Å²) in [5.74, 6) is -0.400. The SMILES string of the molecule is CC(=O)N[C@@H]1CCCN(C(=O)c2ncoc2-c2ccc(F)cc2)C1. The van der Waals surface area contributed by atoms with Gasteiger partial charge in [0, 0.05) is 31.6 Å². The zero-order valence-electron chi connectivity index (χ0n) is 13.3. The monoisotopic (exact) mass is 331 g/mol. The molecule has 2 amide bonds. The summed E-state index contributed by atoms with van der Waals surface area (Å²) in [5.41, 5.74) is 0.790. The number of oxazole rings is 1. The van der Waals surface area contributed by atoms with E-state index < -0.39 is 0 Å². The van der Waals surface area contributed by atoms with Crippen molar-refractivity contribution in [3.05, 3.63) is 42.2 Å². The molecule has 0 radical (unpaired) electrons. The van der Waals surface area contributed by atoms with E-state index >= 15 is 0 Å². The van der Waals surface area contributed by atoms with Crippen LogP contribution in [0, 0.1) is 5.82 Å². The molecule has 1 atom stereocenters. The minimum Gasteiger partial charge on any atom is -0.443 e. The Balaban J connectivity index is 1.79. The molecule has 1 N–H and O–H groups in total. The number of hydrogen-bond donors (Lipinski definition) is 1. The zero-order valence-corrected chi connectivity index (χ0v) is 13.3. The van der Waals surface area contributed by atoms with Crippen LogP contribution in [0.3, 0.4) is 0 Å². The van der Waals surface area contributed by atoms with E-state index in [1.807, 2.05) is 0 Å². The molecule has 1 aliphatic heterocycles. The van der Waals surface area contributed by atoms with E-state index in [4.69, 9.17) is 4.42 Å². The quantitative estimate of drug-likeness (QED) is 0.936. The number of benzene rings is 1. The molecule has 1 aromatic heterocycles. The van der Waals surface area contributed by atoms with Crippen molar-refractivity contribution in [2.75, 3.05) is 13.1 Å². The molecular weight excluding hydrogens is 313 g/mol. The molecule has 126 valence electrons. The molecule has 1 saturated heterocycles. The van der Waals surface area contributed by atoms with Gasteiger partial charge in [-0.1, -0.05) is 0 Å². The Hall–Kier alpha value is -2.70. The fourth-order valence-corrected chi connectivity index (χ4v) is 2.92. The van der Waals surface area contributed by atoms with Gasteiger partial charge >= 0.3 is 0 Å². The average molecular weight is 331 g/mol. The molecule has 0 bridgehead atoms. The van der Waals surface area contributed by atoms with Gasteiger partial charge in [-0.3, -0.25) is 9.59 Å². The summed E-state index contributed by atoms with van der Waals surface area (Å²) in [6.07, 6.45) is 2.86. The van der Waals surface area contributed by atoms with E-state index in [2.05, 4.69) is 10.3 Å². The maximum absolute atomic E-state index is 13.1. The van der Waals surface area contributed by atoms with Crippen molar-refractivity contribution >= 4 is 11.8 Å². The van der Waals surface area contributed by atoms with Gasteiger partial charge in [0.1, 0.15) is 5.82 Å². The first kappa shape index (κ1) is 16.2. The van der Waals surface area contributed by atoms with Gasteiger partial charge < -0.3 is 14.6 Å². The molecule has 1 fully saturated rings. The van der Waals surface area contributed by atoms with Gasteiger partial charge in [0.2, 0.25) is 5.91 Å². The zero-order chi connectivity index (χ0) is 17.1. The Morgan fingerprint density at radius 1 is 1.33 bits per heavy atom. The van der Waals surface area contributed by atoms with Crippen LogP contribution in [-0.2, 0) is 4.79 Å². The second-order valence-corrected chi connectivity index (χ2v) is 5.83. The number of hydrogen-bond acceptors (Lipinski definition) is 4. The highest BCUT2D eigenvalue weighted by Crippen LogP contribution is 2.25. The largest absolute Gasteiger partial charge is 0.443 e. The van der Waals surface area contributed by atoms with Gasteiger partial charge in [-0.15, -0.1) is 0 Å². The standard InChI is InChI=1S/C17H18FN3O3/c1-11(22)20-14-3-2-8-21(9-14)17(23)15-16(24-10-19-15)12-4-6-13(18)7-5-12/h4-7,10,14H,2-3,8-9H2,1H3,(H,20,22)/t14-/m1/s1. The highest BCUT2D eigenvalue weighted by molar-refractivity contribution is 5.97. The molecule has 7 heteroatoms. The van der Waals surface area contributed by atoms with Crippen molar-refractivity contribution < 1.29 is 18.4 Å². The van der Waals surface area contributed by atoms with E-state index in [9.17, 15) is 14.0 Å². The number of piperidine rings is 1. The van der Waals surface area contributed by atoms with Crippen LogP contribution in [0.4, 0.5) is 4.39 Å². The van der Waals surface area contributed by atoms with Crippen molar-refractivity contribution in [3.63, 3.8) is 0 Å². The van der Waals surface area contributed by atoms with Crippen molar-refractivity contribution in [2.45, 2.75) is 25.8 Å². The Bertz CT molecular complexity index is 742. The molecule has 2 heterocycles. The van der Waals surface area contributed by atoms with Crippen LogP contribution in [-0.4, -0.2) is 40.8 Å². The van der Waals surface area contributed by atoms with E-state index in [0.29, 0.717) is 24.4 Å². The first-order valence-electron chi connectivity index (χ1n) is 7.80. The number of nitrogens with one attached hydrogen (secondary N) is 1. The van der Waals surface area contributed by atoms with Crippen molar-refractivity contribution in [3.8, 4) is 11.3 Å². The molecule has 0 aliphatic carbocycles. The van der Waals surface area contributed by atoms with Crippen LogP contribution in [0.1, 0.15) is 30.3 Å². The predicted molar refractivity (Wildman–Crippen MR) is 84.6 cm³/mol. The second-order valence-electron chi connectivity index (χ2n) is 5.83. The third-order valence-electron chi connectivity index (χ3n) is 3.99. The predicted octanol–water partition coefficient (Wildman–Crippen LogP) is 2.22. The molecule has 1 aromatic carbocycles. The average Bonchev–Trinajstić information content (AvgIpc) is 3.04. The highest BCUT2D eigenvalue weighted by atomic mass is 19.1. The van der Waals surface area contributed by atoms with Crippen LogP contribution in [0.2, 0.25) is 0 Å². The molecule has 0 unspecified atom stereocenters. The minimum atomic E-state index is -0.361. The van der Waals surface area contributed by atoms with Crippen LogP contribution in [0.25, 0.3) is 11.3 Å². The summed E-state index contributed by atoms with van der Waals surface area (Å²) in [6.45, 7) is 2.50. The molecule has 1 aliphatic rings. The van der Waals surface area contributed by atoms with E-state index in [-0.39, 0.29) is 29.4 Å². The van der Waals surface area contributed by atoms with Crippen molar-refractivity contribution in [2.24, 2.45) is 0 Å². The Morgan fingerprint density at radius 2 is 2.08 bits per heavy atom. The third-order valence-corrected chi connectivity index (χ3v) is 3.99. The second kappa shape index (κ2) is 6.82. The molecule has 0 saturated carbocycles. The first-order chi connectivity index (χ1) is 11.5. The Kier molecular flexibility index (Phi) is 4.59. The highest BCUT2D eigenvalue weighted by Gasteiger charge is 2.28. The van der Waals surface area contributed by atoms with Crippen LogP contribution >= 0.6 is 0 Å². The Labute approximate surface area is 138 Å². The van der Waals surface area contributed by atoms with E-state index in [1.54, 1.807) is 17.0 Å². The van der Waals surface area contributed by atoms with Crippen molar-refractivity contribution in [1.29, 1.82) is 0 Å². The van der Waals surface area contributed by atoms with Crippen LogP contribution in [0.15, 0.2) is 35.1 Å². The number of carbonyl (C=O) groups is 2. The lowest BCUT2D eigenvalue weighted by Gasteiger charge is -2.32. The normalized spacial score (nSPS) is 17.6. The number of rotatable bonds is 3. The summed E-state index contributed by atoms with van der Waals surface area (Å²) >= 11 is 0. The Morgan fingerprint density at radius 3 is 2.79 bits per heavy atom. The maximum Gasteiger partial charge on any atom is 0.276 e. The lowest BCUT2D eigenvalue weighted by Crippen LogP contribution is -2.49. The summed E-state index contributed by atoms with van der Waals surface area (Å²) < 4.78 is 18.4. The maximum atomic E-state index is 13.1. The van der Waals surface area contributed by atoms with Gasteiger partial charge in [0.25, 0.3) is 5.91 Å². The first-order valence-corrected chi connectivity index (χ1v) is 7.80. The summed E-state index contributed by atoms with van der Waals surface area (Å²) in [7, 11) is 0. The lowest BCUT2D eigenvalue weighted by atomic mass is 10.0. The molecule has 24 heavy (non-hydrogen) atoms. The number of aromatic nitrogens is 1. The summed E-state index contributed by atoms with van der Waals surface area (Å²) in [5, 5.41) is 2.85. The van der Waals surface area contributed by atoms with Crippen molar-refractivity contribution in [1.82, 2.24) is 15.2 Å². The minimum absolute atomic E-state index is 0.0543. The smallest absolute Gasteiger partial charge is 0.276 e. The van der Waals surface area contributed by atoms with Gasteiger partial charge in [0.05, 0.1) is 0 Å². The number of carbonyl (C=O) groups excluding carboxylic acids is 2. The fraction of sp³-hybridized carbons (Fsp3) is 0.353. The van der Waals surface area contributed by atoms with E-state index in [0.717, 1.165) is 12.8 Å².